The maximum atomic E-state index is 13.8. The molecule has 1 aromatic heterocycles. The molecule has 1 amide bonds. The molecule has 11 heteroatoms. The van der Waals surface area contributed by atoms with E-state index in [0.29, 0.717) is 12.5 Å². The number of amides is 1. The summed E-state index contributed by atoms with van der Waals surface area (Å²) in [6.45, 7) is 13.3. The van der Waals surface area contributed by atoms with Gasteiger partial charge in [-0.25, -0.2) is 13.6 Å². The van der Waals surface area contributed by atoms with Crippen LogP contribution in [0.4, 0.5) is 19.5 Å². The van der Waals surface area contributed by atoms with Crippen LogP contribution < -0.4 is 20.5 Å². The summed E-state index contributed by atoms with van der Waals surface area (Å²) in [5.74, 6) is -0.685. The Balaban J connectivity index is 0.000000388. The van der Waals surface area contributed by atoms with E-state index in [-0.39, 0.29) is 45.8 Å². The summed E-state index contributed by atoms with van der Waals surface area (Å²) < 4.78 is 39.2. The van der Waals surface area contributed by atoms with Gasteiger partial charge in [-0.15, -0.1) is 0 Å². The van der Waals surface area contributed by atoms with Gasteiger partial charge in [0.2, 0.25) is 11.8 Å². The Morgan fingerprint density at radius 3 is 2.39 bits per heavy atom. The lowest BCUT2D eigenvalue weighted by molar-refractivity contribution is 0.0531. The summed E-state index contributed by atoms with van der Waals surface area (Å²) in [6.07, 6.45) is 1.73. The molecule has 0 unspecified atom stereocenters. The Morgan fingerprint density at radius 2 is 1.86 bits per heavy atom. The number of ether oxygens (including phenoxy) is 2. The molecule has 2 heterocycles. The minimum atomic E-state index is -0.698. The van der Waals surface area contributed by atoms with E-state index in [9.17, 15) is 18.4 Å². The fourth-order valence-corrected chi connectivity index (χ4v) is 3.82. The first-order chi connectivity index (χ1) is 16.8. The molecule has 0 spiro atoms. The van der Waals surface area contributed by atoms with Gasteiger partial charge in [0.1, 0.15) is 28.3 Å². The van der Waals surface area contributed by atoms with Crippen molar-refractivity contribution in [2.75, 3.05) is 24.5 Å². The monoisotopic (exact) mass is 572 g/mol. The lowest BCUT2D eigenvalue weighted by atomic mass is 10.2. The number of aromatic nitrogens is 2. The smallest absolute Gasteiger partial charge is 0.407 e. The van der Waals surface area contributed by atoms with E-state index in [2.05, 4.69) is 31.1 Å². The average Bonchev–Trinajstić information content (AvgIpc) is 3.29. The fourth-order valence-electron chi connectivity index (χ4n) is 3.43. The first-order valence-electron chi connectivity index (χ1n) is 11.9. The number of hydrogen-bond donors (Lipinski definition) is 1. The molecule has 1 N–H and O–H groups in total. The van der Waals surface area contributed by atoms with Gasteiger partial charge in [-0.3, -0.25) is 9.36 Å². The van der Waals surface area contributed by atoms with Crippen LogP contribution in [0.2, 0.25) is 0 Å². The number of carbonyl (C=O) groups is 1. The predicted octanol–water partition coefficient (Wildman–Crippen LogP) is 5.58. The van der Waals surface area contributed by atoms with E-state index in [4.69, 9.17) is 9.47 Å². The van der Waals surface area contributed by atoms with Gasteiger partial charge in [0, 0.05) is 37.3 Å². The Bertz CT molecular complexity index is 1100. The minimum absolute atomic E-state index is 0.0644. The number of alkyl carbamates (subject to hydrolysis) is 1. The standard InChI is InChI=1S/C18H20BrF2N3O2.C7H15NO2/c1-11(2)24-17(25)15(19)16(22-18(24)23-7-3-4-8-23)26-10-12-5-6-13(20)9-14(12)21;1-5-8-6(9)10-7(2,3)4/h5-6,9,11H,3-4,7-8,10H2,1-2H3;5H2,1-4H3,(H,8,9). The largest absolute Gasteiger partial charge is 0.472 e. The average molecular weight is 573 g/mol. The maximum Gasteiger partial charge on any atom is 0.407 e. The molecule has 0 saturated carbocycles. The lowest BCUT2D eigenvalue weighted by Gasteiger charge is -2.24. The van der Waals surface area contributed by atoms with Crippen LogP contribution in [0.25, 0.3) is 0 Å². The van der Waals surface area contributed by atoms with Crippen molar-refractivity contribution >= 4 is 28.0 Å². The van der Waals surface area contributed by atoms with Crippen LogP contribution in [-0.4, -0.2) is 40.9 Å². The van der Waals surface area contributed by atoms with Crippen molar-refractivity contribution in [2.45, 2.75) is 72.6 Å². The van der Waals surface area contributed by atoms with E-state index >= 15 is 0 Å². The summed E-state index contributed by atoms with van der Waals surface area (Å²) >= 11 is 3.25. The molecule has 0 aliphatic carbocycles. The Morgan fingerprint density at radius 1 is 1.22 bits per heavy atom. The van der Waals surface area contributed by atoms with Crippen LogP contribution in [-0.2, 0) is 11.3 Å². The fraction of sp³-hybridized carbons (Fsp3) is 0.560. The van der Waals surface area contributed by atoms with Crippen molar-refractivity contribution in [3.05, 3.63) is 50.2 Å². The number of hydrogen-bond acceptors (Lipinski definition) is 6. The van der Waals surface area contributed by atoms with Gasteiger partial charge in [-0.05, 0) is 82.4 Å². The van der Waals surface area contributed by atoms with Crippen LogP contribution in [0.5, 0.6) is 5.88 Å². The Hall–Kier alpha value is -2.69. The van der Waals surface area contributed by atoms with Gasteiger partial charge in [0.25, 0.3) is 5.56 Å². The molecule has 8 nitrogen and oxygen atoms in total. The summed E-state index contributed by atoms with van der Waals surface area (Å²) in [4.78, 5) is 30.1. The highest BCUT2D eigenvalue weighted by molar-refractivity contribution is 9.10. The number of anilines is 1. The highest BCUT2D eigenvalue weighted by Crippen LogP contribution is 2.27. The zero-order valence-electron chi connectivity index (χ0n) is 21.7. The van der Waals surface area contributed by atoms with E-state index in [1.165, 1.54) is 6.07 Å². The van der Waals surface area contributed by atoms with Crippen molar-refractivity contribution in [3.63, 3.8) is 0 Å². The van der Waals surface area contributed by atoms with Gasteiger partial charge in [-0.1, -0.05) is 0 Å². The van der Waals surface area contributed by atoms with Crippen molar-refractivity contribution in [1.29, 1.82) is 0 Å². The summed E-state index contributed by atoms with van der Waals surface area (Å²) in [5.41, 5.74) is -0.443. The zero-order chi connectivity index (χ0) is 27.0. The van der Waals surface area contributed by atoms with Crippen LogP contribution in [0, 0.1) is 11.6 Å². The first kappa shape index (κ1) is 29.5. The SMILES string of the molecule is CC(C)n1c(N2CCCC2)nc(OCc2ccc(F)cc2F)c(Br)c1=O.CCNC(=O)OC(C)(C)C. The molecule has 1 fully saturated rings. The number of halogens is 3. The molecule has 200 valence electrons. The third-order valence-corrected chi connectivity index (χ3v) is 5.69. The maximum absolute atomic E-state index is 13.8. The van der Waals surface area contributed by atoms with Crippen LogP contribution in [0.1, 0.15) is 66.0 Å². The summed E-state index contributed by atoms with van der Waals surface area (Å²) in [5, 5.41) is 2.54. The second-order valence-corrected chi connectivity index (χ2v) is 10.3. The molecule has 1 aromatic carbocycles. The predicted molar refractivity (Wildman–Crippen MR) is 139 cm³/mol. The van der Waals surface area contributed by atoms with E-state index in [0.717, 1.165) is 38.1 Å². The molecular weight excluding hydrogens is 538 g/mol. The number of carbonyl (C=O) groups excluding carboxylic acids is 1. The number of nitrogens with one attached hydrogen (secondary N) is 1. The molecular formula is C25H35BrF2N4O4. The van der Waals surface area contributed by atoms with Gasteiger partial charge in [-0.2, -0.15) is 4.98 Å². The lowest BCUT2D eigenvalue weighted by Crippen LogP contribution is -2.33. The van der Waals surface area contributed by atoms with Crippen molar-refractivity contribution in [3.8, 4) is 5.88 Å². The van der Waals surface area contributed by atoms with Crippen molar-refractivity contribution < 1.29 is 23.0 Å². The minimum Gasteiger partial charge on any atom is -0.472 e. The van der Waals surface area contributed by atoms with Gasteiger partial charge >= 0.3 is 6.09 Å². The van der Waals surface area contributed by atoms with Crippen molar-refractivity contribution in [2.24, 2.45) is 0 Å². The topological polar surface area (TPSA) is 85.7 Å². The Labute approximate surface area is 219 Å². The molecule has 1 saturated heterocycles. The molecule has 3 rings (SSSR count). The van der Waals surface area contributed by atoms with E-state index < -0.39 is 11.6 Å². The molecule has 0 bridgehead atoms. The third kappa shape index (κ3) is 8.46. The number of benzene rings is 1. The van der Waals surface area contributed by atoms with E-state index in [1.54, 1.807) is 4.57 Å². The van der Waals surface area contributed by atoms with Gasteiger partial charge in [0.05, 0.1) is 0 Å². The molecule has 1 aliphatic heterocycles. The van der Waals surface area contributed by atoms with Crippen LogP contribution in [0.3, 0.4) is 0 Å². The number of rotatable bonds is 6. The quantitative estimate of drug-likeness (QED) is 0.486. The second-order valence-electron chi connectivity index (χ2n) is 9.55. The Kier molecular flexibility index (Phi) is 10.7. The normalized spacial score (nSPS) is 13.3. The van der Waals surface area contributed by atoms with Gasteiger partial charge in [0.15, 0.2) is 0 Å². The molecule has 0 radical (unpaired) electrons. The zero-order valence-corrected chi connectivity index (χ0v) is 23.2. The third-order valence-electron chi connectivity index (χ3n) is 5.02. The summed E-state index contributed by atoms with van der Waals surface area (Å²) in [7, 11) is 0. The van der Waals surface area contributed by atoms with Crippen molar-refractivity contribution in [1.82, 2.24) is 14.9 Å². The first-order valence-corrected chi connectivity index (χ1v) is 12.7. The highest BCUT2D eigenvalue weighted by Gasteiger charge is 2.24. The number of nitrogens with zero attached hydrogens (tertiary/aromatic N) is 3. The second kappa shape index (κ2) is 13.0. The highest BCUT2D eigenvalue weighted by atomic mass is 79.9. The van der Waals surface area contributed by atoms with Gasteiger partial charge < -0.3 is 19.7 Å². The molecule has 1 aliphatic rings. The van der Waals surface area contributed by atoms with E-state index in [1.807, 2.05) is 41.5 Å². The summed E-state index contributed by atoms with van der Waals surface area (Å²) in [6, 6.07) is 3.21. The molecule has 36 heavy (non-hydrogen) atoms. The molecule has 2 aromatic rings. The van der Waals surface area contributed by atoms with Crippen LogP contribution in [0.15, 0.2) is 27.5 Å². The molecule has 0 atom stereocenters. The van der Waals surface area contributed by atoms with Crippen LogP contribution >= 0.6 is 15.9 Å².